The minimum atomic E-state index is -2.95. The van der Waals surface area contributed by atoms with Crippen molar-refractivity contribution < 1.29 is 13.6 Å². The van der Waals surface area contributed by atoms with Gasteiger partial charge in [-0.1, -0.05) is 24.0 Å². The fourth-order valence-electron chi connectivity index (χ4n) is 3.38. The molecule has 0 bridgehead atoms. The minimum Gasteiger partial charge on any atom is -0.352 e. The summed E-state index contributed by atoms with van der Waals surface area (Å²) in [5.41, 5.74) is 2.06. The van der Waals surface area contributed by atoms with Crippen LogP contribution in [0.2, 0.25) is 0 Å². The number of nitrogens with one attached hydrogen (secondary N) is 1. The molecule has 34 heavy (non-hydrogen) atoms. The topological polar surface area (TPSA) is 64.7 Å². The van der Waals surface area contributed by atoms with Gasteiger partial charge < -0.3 is 9.88 Å². The van der Waals surface area contributed by atoms with E-state index in [0.717, 1.165) is 19.9 Å². The van der Waals surface area contributed by atoms with E-state index in [9.17, 15) is 13.6 Å². The molecule has 6 nitrogen and oxygen atoms in total. The van der Waals surface area contributed by atoms with Crippen molar-refractivity contribution in [2.45, 2.75) is 25.8 Å². The monoisotopic (exact) mass is 459 g/mol. The van der Waals surface area contributed by atoms with E-state index >= 15 is 0 Å². The van der Waals surface area contributed by atoms with Gasteiger partial charge in [0.25, 0.3) is 11.8 Å². The standard InChI is InChI=1S/C26H23F2N5O/c1-26(27,28)23-6-2-5-20(17-23)7-8-21-18-22(9-10-24(21)33-15-4-12-31-33)25(34)30-11-3-14-32-16-13-29-19-32/h2,4-6,9-10,12-13,15-19H,3,11,14H2,1H3,(H,30,34). The summed E-state index contributed by atoms with van der Waals surface area (Å²) in [6, 6.07) is 12.9. The van der Waals surface area contributed by atoms with Crippen molar-refractivity contribution in [1.29, 1.82) is 0 Å². The number of aryl methyl sites for hydroxylation is 1. The van der Waals surface area contributed by atoms with E-state index in [1.54, 1.807) is 66.0 Å². The van der Waals surface area contributed by atoms with Crippen LogP contribution >= 0.6 is 0 Å². The zero-order chi connectivity index (χ0) is 24.0. The summed E-state index contributed by atoms with van der Waals surface area (Å²) in [4.78, 5) is 16.7. The van der Waals surface area contributed by atoms with Gasteiger partial charge in [-0.3, -0.25) is 4.79 Å². The summed E-state index contributed by atoms with van der Waals surface area (Å²) in [5, 5.41) is 7.16. The average molecular weight is 460 g/mol. The molecule has 4 aromatic rings. The lowest BCUT2D eigenvalue weighted by Gasteiger charge is -2.10. The summed E-state index contributed by atoms with van der Waals surface area (Å²) in [7, 11) is 0. The molecular weight excluding hydrogens is 436 g/mol. The molecule has 0 unspecified atom stereocenters. The number of carbonyl (C=O) groups excluding carboxylic acids is 1. The van der Waals surface area contributed by atoms with Gasteiger partial charge in [0.1, 0.15) is 0 Å². The summed E-state index contributed by atoms with van der Waals surface area (Å²) in [5.74, 6) is 2.81. The van der Waals surface area contributed by atoms with Crippen molar-refractivity contribution in [2.75, 3.05) is 6.54 Å². The molecule has 2 aromatic heterocycles. The maximum atomic E-state index is 13.7. The highest BCUT2D eigenvalue weighted by Gasteiger charge is 2.23. The number of hydrogen-bond donors (Lipinski definition) is 1. The van der Waals surface area contributed by atoms with Crippen molar-refractivity contribution in [3.8, 4) is 17.5 Å². The molecule has 0 spiro atoms. The van der Waals surface area contributed by atoms with E-state index in [2.05, 4.69) is 27.2 Å². The van der Waals surface area contributed by atoms with Crippen molar-refractivity contribution in [3.05, 3.63) is 102 Å². The third-order valence-corrected chi connectivity index (χ3v) is 5.16. The van der Waals surface area contributed by atoms with Crippen LogP contribution in [0.1, 0.15) is 40.4 Å². The quantitative estimate of drug-likeness (QED) is 0.329. The molecule has 8 heteroatoms. The maximum Gasteiger partial charge on any atom is 0.270 e. The van der Waals surface area contributed by atoms with Crippen LogP contribution in [-0.4, -0.2) is 31.8 Å². The smallest absolute Gasteiger partial charge is 0.270 e. The Hall–Kier alpha value is -4.25. The molecule has 0 aliphatic heterocycles. The molecule has 1 N–H and O–H groups in total. The predicted octanol–water partition coefficient (Wildman–Crippen LogP) is 4.40. The van der Waals surface area contributed by atoms with Crippen LogP contribution in [0, 0.1) is 11.8 Å². The van der Waals surface area contributed by atoms with E-state index in [4.69, 9.17) is 0 Å². The summed E-state index contributed by atoms with van der Waals surface area (Å²) < 4.78 is 31.0. The number of alkyl halides is 2. The first kappa shape index (κ1) is 22.9. The van der Waals surface area contributed by atoms with Gasteiger partial charge in [-0.25, -0.2) is 18.4 Å². The Bertz CT molecular complexity index is 1310. The first-order valence-corrected chi connectivity index (χ1v) is 10.8. The fourth-order valence-corrected chi connectivity index (χ4v) is 3.38. The first-order chi connectivity index (χ1) is 16.4. The molecular formula is C26H23F2N5O. The van der Waals surface area contributed by atoms with Crippen LogP contribution in [0.4, 0.5) is 8.78 Å². The molecule has 0 atom stereocenters. The van der Waals surface area contributed by atoms with E-state index in [0.29, 0.717) is 28.9 Å². The van der Waals surface area contributed by atoms with Gasteiger partial charge in [0.2, 0.25) is 0 Å². The molecule has 2 heterocycles. The third-order valence-electron chi connectivity index (χ3n) is 5.16. The van der Waals surface area contributed by atoms with Gasteiger partial charge in [-0.05, 0) is 42.8 Å². The van der Waals surface area contributed by atoms with Gasteiger partial charge >= 0.3 is 0 Å². The highest BCUT2D eigenvalue weighted by atomic mass is 19.3. The molecule has 2 aromatic carbocycles. The fraction of sp³-hybridized carbons (Fsp3) is 0.192. The molecule has 0 radical (unpaired) electrons. The molecule has 4 rings (SSSR count). The molecule has 0 aliphatic carbocycles. The Labute approximate surface area is 196 Å². The summed E-state index contributed by atoms with van der Waals surface area (Å²) in [6.45, 7) is 2.12. The SMILES string of the molecule is CC(F)(F)c1cccc(C#Cc2cc(C(=O)NCCCn3ccnc3)ccc2-n2cccn2)c1. The number of amides is 1. The molecule has 0 aliphatic rings. The lowest BCUT2D eigenvalue weighted by molar-refractivity contribution is 0.0174. The number of aromatic nitrogens is 4. The number of nitrogens with zero attached hydrogens (tertiary/aromatic N) is 4. The van der Waals surface area contributed by atoms with Crippen molar-refractivity contribution in [3.63, 3.8) is 0 Å². The molecule has 0 saturated heterocycles. The van der Waals surface area contributed by atoms with Crippen molar-refractivity contribution >= 4 is 5.91 Å². The van der Waals surface area contributed by atoms with Crippen LogP contribution in [0.3, 0.4) is 0 Å². The number of rotatable bonds is 7. The number of imidazole rings is 1. The first-order valence-electron chi connectivity index (χ1n) is 10.8. The number of carbonyl (C=O) groups is 1. The van der Waals surface area contributed by atoms with Gasteiger partial charge in [-0.2, -0.15) is 5.10 Å². The second-order valence-electron chi connectivity index (χ2n) is 7.81. The second-order valence-corrected chi connectivity index (χ2v) is 7.81. The van der Waals surface area contributed by atoms with Crippen LogP contribution < -0.4 is 5.32 Å². The Kier molecular flexibility index (Phi) is 6.83. The zero-order valence-corrected chi connectivity index (χ0v) is 18.6. The number of benzene rings is 2. The third kappa shape index (κ3) is 5.75. The van der Waals surface area contributed by atoms with Gasteiger partial charge in [0, 0.05) is 61.5 Å². The number of hydrogen-bond acceptors (Lipinski definition) is 3. The minimum absolute atomic E-state index is 0.101. The maximum absolute atomic E-state index is 13.7. The van der Waals surface area contributed by atoms with Gasteiger partial charge in [0.15, 0.2) is 0 Å². The largest absolute Gasteiger partial charge is 0.352 e. The highest BCUT2D eigenvalue weighted by molar-refractivity contribution is 5.95. The molecule has 1 amide bonds. The van der Waals surface area contributed by atoms with E-state index in [1.165, 1.54) is 12.1 Å². The summed E-state index contributed by atoms with van der Waals surface area (Å²) >= 11 is 0. The highest BCUT2D eigenvalue weighted by Crippen LogP contribution is 2.27. The van der Waals surface area contributed by atoms with Crippen molar-refractivity contribution in [1.82, 2.24) is 24.6 Å². The second kappa shape index (κ2) is 10.1. The Morgan fingerprint density at radius 3 is 2.71 bits per heavy atom. The number of halogens is 2. The molecule has 0 fully saturated rings. The normalized spacial score (nSPS) is 11.0. The van der Waals surface area contributed by atoms with Gasteiger partial charge in [0.05, 0.1) is 17.6 Å². The molecule has 0 saturated carbocycles. The lowest BCUT2D eigenvalue weighted by Crippen LogP contribution is -2.25. The Morgan fingerprint density at radius 2 is 1.97 bits per heavy atom. The van der Waals surface area contributed by atoms with Crippen molar-refractivity contribution in [2.24, 2.45) is 0 Å². The van der Waals surface area contributed by atoms with Crippen LogP contribution in [0.25, 0.3) is 5.69 Å². The Balaban J connectivity index is 1.55. The predicted molar refractivity (Wildman–Crippen MR) is 125 cm³/mol. The Morgan fingerprint density at radius 1 is 1.09 bits per heavy atom. The lowest BCUT2D eigenvalue weighted by atomic mass is 10.0. The van der Waals surface area contributed by atoms with E-state index in [1.807, 2.05) is 10.8 Å². The average Bonchev–Trinajstić information content (AvgIpc) is 3.54. The molecule has 172 valence electrons. The van der Waals surface area contributed by atoms with Crippen LogP contribution in [-0.2, 0) is 12.5 Å². The van der Waals surface area contributed by atoms with Crippen LogP contribution in [0.5, 0.6) is 0 Å². The zero-order valence-electron chi connectivity index (χ0n) is 18.6. The van der Waals surface area contributed by atoms with E-state index in [-0.39, 0.29) is 11.5 Å². The summed E-state index contributed by atoms with van der Waals surface area (Å²) in [6.07, 6.45) is 9.50. The van der Waals surface area contributed by atoms with Gasteiger partial charge in [-0.15, -0.1) is 0 Å². The van der Waals surface area contributed by atoms with Crippen LogP contribution in [0.15, 0.2) is 79.6 Å². The van der Waals surface area contributed by atoms with E-state index < -0.39 is 5.92 Å².